The zero-order valence-electron chi connectivity index (χ0n) is 21.3. The van der Waals surface area contributed by atoms with E-state index < -0.39 is 18.4 Å². The average Bonchev–Trinajstić information content (AvgIpc) is 3.56. The zero-order valence-corrected chi connectivity index (χ0v) is 24.1. The number of nitrogens with zero attached hydrogens (tertiary/aromatic N) is 1. The Balaban J connectivity index is 1.69. The van der Waals surface area contributed by atoms with Crippen LogP contribution in [0.25, 0.3) is 0 Å². The maximum absolute atomic E-state index is 5.42. The van der Waals surface area contributed by atoms with E-state index in [-0.39, 0.29) is 5.41 Å². The third-order valence-electron chi connectivity index (χ3n) is 8.72. The van der Waals surface area contributed by atoms with Crippen molar-refractivity contribution in [3.05, 3.63) is 139 Å². The van der Waals surface area contributed by atoms with Gasteiger partial charge in [-0.25, -0.2) is 0 Å². The second kappa shape index (κ2) is 10.3. The van der Waals surface area contributed by atoms with Crippen LogP contribution in [0.2, 0.25) is 3.93 Å². The molecule has 0 radical (unpaired) electrons. The van der Waals surface area contributed by atoms with Crippen LogP contribution in [0.5, 0.6) is 0 Å². The first-order chi connectivity index (χ1) is 18.3. The Hall–Kier alpha value is -3.11. The van der Waals surface area contributed by atoms with E-state index in [0.717, 1.165) is 6.42 Å². The maximum atomic E-state index is 5.42. The molecule has 184 valence electrons. The summed E-state index contributed by atoms with van der Waals surface area (Å²) >= 11 is -3.71. The van der Waals surface area contributed by atoms with Crippen molar-refractivity contribution >= 4 is 35.3 Å². The quantitative estimate of drug-likeness (QED) is 0.114. The van der Waals surface area contributed by atoms with Crippen LogP contribution in [0, 0.1) is 17.3 Å². The van der Waals surface area contributed by atoms with Crippen LogP contribution in [0.15, 0.2) is 139 Å². The molecule has 2 aliphatic carbocycles. The van der Waals surface area contributed by atoms with Gasteiger partial charge < -0.3 is 0 Å². The molecule has 2 bridgehead atoms. The normalized spacial score (nSPS) is 24.5. The minimum absolute atomic E-state index is 0.131. The van der Waals surface area contributed by atoms with E-state index in [4.69, 9.17) is 4.84 Å². The first-order valence-corrected chi connectivity index (χ1v) is 19.2. The topological polar surface area (TPSA) is 21.6 Å². The molecule has 4 aromatic rings. The molecule has 1 fully saturated rings. The second-order valence-corrected chi connectivity index (χ2v) is 21.8. The van der Waals surface area contributed by atoms with Crippen LogP contribution in [0.4, 0.5) is 0 Å². The second-order valence-electron chi connectivity index (χ2n) is 10.5. The van der Waals surface area contributed by atoms with Gasteiger partial charge in [0.15, 0.2) is 0 Å². The fourth-order valence-corrected chi connectivity index (χ4v) is 25.5. The molecule has 0 unspecified atom stereocenters. The number of oxime groups is 1. The van der Waals surface area contributed by atoms with Gasteiger partial charge in [-0.1, -0.05) is 0 Å². The molecule has 6 rings (SSSR count). The van der Waals surface area contributed by atoms with Crippen molar-refractivity contribution in [3.8, 4) is 0 Å². The van der Waals surface area contributed by atoms with Gasteiger partial charge in [0.25, 0.3) is 0 Å². The molecule has 0 heterocycles. The predicted molar refractivity (Wildman–Crippen MR) is 157 cm³/mol. The summed E-state index contributed by atoms with van der Waals surface area (Å²) in [6.07, 6.45) is 9.35. The summed E-state index contributed by atoms with van der Waals surface area (Å²) in [6.45, 7) is 0. The van der Waals surface area contributed by atoms with Crippen LogP contribution >= 0.6 is 0 Å². The fraction of sp³-hybridized carbons (Fsp3) is 0.206. The van der Waals surface area contributed by atoms with Gasteiger partial charge in [0.2, 0.25) is 0 Å². The molecule has 4 atom stereocenters. The van der Waals surface area contributed by atoms with Gasteiger partial charge in [-0.3, -0.25) is 0 Å². The molecule has 3 heteroatoms. The minimum atomic E-state index is -3.71. The Bertz CT molecular complexity index is 1270. The molecule has 0 amide bonds. The SMILES string of the molecule is CO/N=C/[C@@]1(Cc2ccccc2)[C@@H]2C=C[C@@H](C2)[C@H]1[Sn]([c]1ccccc1)([c]1ccccc1)[c]1ccccc1. The Morgan fingerprint density at radius 1 is 0.730 bits per heavy atom. The molecule has 0 aromatic heterocycles. The van der Waals surface area contributed by atoms with Gasteiger partial charge in [0.1, 0.15) is 0 Å². The summed E-state index contributed by atoms with van der Waals surface area (Å²) in [6, 6.07) is 45.3. The summed E-state index contributed by atoms with van der Waals surface area (Å²) < 4.78 is 5.04. The molecule has 37 heavy (non-hydrogen) atoms. The van der Waals surface area contributed by atoms with Crippen LogP contribution in [-0.2, 0) is 11.3 Å². The summed E-state index contributed by atoms with van der Waals surface area (Å²) in [4.78, 5) is 5.42. The number of fused-ring (bicyclic) bond motifs is 2. The van der Waals surface area contributed by atoms with Gasteiger partial charge in [-0.2, -0.15) is 0 Å². The van der Waals surface area contributed by atoms with Gasteiger partial charge in [-0.05, 0) is 0 Å². The molecule has 0 spiro atoms. The van der Waals surface area contributed by atoms with E-state index >= 15 is 0 Å². The van der Waals surface area contributed by atoms with E-state index in [1.807, 2.05) is 0 Å². The van der Waals surface area contributed by atoms with E-state index in [2.05, 4.69) is 145 Å². The van der Waals surface area contributed by atoms with Crippen molar-refractivity contribution in [2.75, 3.05) is 7.11 Å². The van der Waals surface area contributed by atoms with Crippen LogP contribution in [-0.4, -0.2) is 31.7 Å². The Morgan fingerprint density at radius 2 is 1.22 bits per heavy atom. The number of hydrogen-bond acceptors (Lipinski definition) is 2. The van der Waals surface area contributed by atoms with E-state index in [0.29, 0.717) is 15.8 Å². The number of hydrogen-bond donors (Lipinski definition) is 0. The monoisotopic (exact) mass is 591 g/mol. The van der Waals surface area contributed by atoms with Crippen LogP contribution < -0.4 is 10.7 Å². The standard InChI is InChI=1S/C16H18NO.3C6H5.Sn/c1-18-17-12-16(10-13-5-3-2-4-6-13)11-14-7-8-15(16)9-14;3*1-2-4-6-5-3-1;/h2-8,11-12,14-15H,9-10H2,1H3;3*1-5H;/b17-12+;;;;/t14-,15+,16-;;;;/m0..../s1. The molecule has 4 aromatic carbocycles. The average molecular weight is 590 g/mol. The number of benzene rings is 4. The zero-order chi connectivity index (χ0) is 25.1. The molecular weight excluding hydrogens is 557 g/mol. The van der Waals surface area contributed by atoms with Gasteiger partial charge in [-0.15, -0.1) is 0 Å². The molecule has 0 N–H and O–H groups in total. The van der Waals surface area contributed by atoms with Gasteiger partial charge >= 0.3 is 226 Å². The first-order valence-electron chi connectivity index (χ1n) is 13.3. The van der Waals surface area contributed by atoms with Crippen LogP contribution in [0.3, 0.4) is 0 Å². The van der Waals surface area contributed by atoms with Gasteiger partial charge in [0.05, 0.1) is 0 Å². The van der Waals surface area contributed by atoms with Crippen molar-refractivity contribution in [1.82, 2.24) is 0 Å². The van der Waals surface area contributed by atoms with Crippen molar-refractivity contribution in [3.63, 3.8) is 0 Å². The third-order valence-corrected chi connectivity index (χ3v) is 24.8. The van der Waals surface area contributed by atoms with Crippen LogP contribution in [0.1, 0.15) is 12.0 Å². The number of rotatable bonds is 8. The Morgan fingerprint density at radius 3 is 1.70 bits per heavy atom. The summed E-state index contributed by atoms with van der Waals surface area (Å²) in [5.74, 6) is 0.947. The summed E-state index contributed by atoms with van der Waals surface area (Å²) in [5, 5.41) is 4.56. The molecule has 2 nitrogen and oxygen atoms in total. The predicted octanol–water partition coefficient (Wildman–Crippen LogP) is 5.59. The van der Waals surface area contributed by atoms with E-state index in [9.17, 15) is 0 Å². The summed E-state index contributed by atoms with van der Waals surface area (Å²) in [5.41, 5.74) is 1.24. The first kappa shape index (κ1) is 24.2. The number of allylic oxidation sites excluding steroid dienone is 2. The fourth-order valence-electron chi connectivity index (χ4n) is 7.43. The Kier molecular flexibility index (Phi) is 6.77. The van der Waals surface area contributed by atoms with Crippen molar-refractivity contribution in [1.29, 1.82) is 0 Å². The van der Waals surface area contributed by atoms with Crippen molar-refractivity contribution < 1.29 is 4.84 Å². The van der Waals surface area contributed by atoms with Gasteiger partial charge in [0, 0.05) is 0 Å². The summed E-state index contributed by atoms with van der Waals surface area (Å²) in [7, 11) is 1.67. The molecule has 0 aliphatic heterocycles. The Labute approximate surface area is 224 Å². The molecule has 0 saturated heterocycles. The third kappa shape index (κ3) is 4.06. The molecular formula is C34H33NOSn. The molecule has 2 aliphatic rings. The molecule has 1 saturated carbocycles. The van der Waals surface area contributed by atoms with E-state index in [1.165, 1.54) is 22.7 Å². The van der Waals surface area contributed by atoms with E-state index in [1.54, 1.807) is 7.11 Å². The van der Waals surface area contributed by atoms with Crippen molar-refractivity contribution in [2.24, 2.45) is 22.4 Å². The van der Waals surface area contributed by atoms with Crippen molar-refractivity contribution in [2.45, 2.75) is 16.8 Å².